The van der Waals surface area contributed by atoms with Crippen molar-refractivity contribution in [2.45, 2.75) is 24.7 Å². The van der Waals surface area contributed by atoms with E-state index in [1.54, 1.807) is 18.0 Å². The Morgan fingerprint density at radius 3 is 2.48 bits per heavy atom. The lowest BCUT2D eigenvalue weighted by Gasteiger charge is -2.18. The highest BCUT2D eigenvalue weighted by Crippen LogP contribution is 2.30. The maximum Gasteiger partial charge on any atom is 0.359 e. The minimum atomic E-state index is -3.85. The zero-order valence-electron chi connectivity index (χ0n) is 16.4. The molecule has 0 saturated carbocycles. The van der Waals surface area contributed by atoms with E-state index in [0.717, 1.165) is 0 Å². The minimum Gasteiger partial charge on any atom is -0.461 e. The Kier molecular flexibility index (Phi) is 5.58. The molecule has 0 radical (unpaired) electrons. The number of ether oxygens (including phenoxy) is 1. The van der Waals surface area contributed by atoms with E-state index in [0.29, 0.717) is 29.7 Å². The van der Waals surface area contributed by atoms with E-state index >= 15 is 0 Å². The number of Topliss-reactive ketones (excluding diaryl/α,β-unsaturated/α-hetero) is 1. The second-order valence-corrected chi connectivity index (χ2v) is 8.36. The standard InChI is InChI=1S/C19H22N4O5S/c1-4-28-19(25)16-15-10-5-12(11-22(2)3)18(24)17(15)23(21-16)13-6-8-14(9-7-13)29(20,26)27/h6-9,11H,4-5,10H2,1-3H3,(H2,20,26,27). The molecule has 0 atom stereocenters. The number of sulfonamides is 1. The van der Waals surface area contributed by atoms with Crippen LogP contribution in [0.1, 0.15) is 39.9 Å². The molecule has 0 bridgehead atoms. The Balaban J connectivity index is 2.17. The predicted octanol–water partition coefficient (Wildman–Crippen LogP) is 1.27. The highest BCUT2D eigenvalue weighted by Gasteiger charge is 2.33. The second kappa shape index (κ2) is 7.80. The average molecular weight is 418 g/mol. The maximum absolute atomic E-state index is 13.1. The number of allylic oxidation sites excluding steroid dienone is 1. The summed E-state index contributed by atoms with van der Waals surface area (Å²) in [6.45, 7) is 1.87. The Morgan fingerprint density at radius 1 is 1.28 bits per heavy atom. The number of rotatable bonds is 5. The number of carbonyl (C=O) groups is 2. The van der Waals surface area contributed by atoms with Crippen molar-refractivity contribution in [2.75, 3.05) is 20.7 Å². The van der Waals surface area contributed by atoms with Crippen LogP contribution in [0.4, 0.5) is 0 Å². The molecule has 1 aliphatic carbocycles. The number of primary sulfonamides is 1. The van der Waals surface area contributed by atoms with Crippen molar-refractivity contribution in [3.05, 3.63) is 53.0 Å². The summed E-state index contributed by atoms with van der Waals surface area (Å²) >= 11 is 0. The highest BCUT2D eigenvalue weighted by atomic mass is 32.2. The van der Waals surface area contributed by atoms with Crippen molar-refractivity contribution in [3.8, 4) is 5.69 Å². The summed E-state index contributed by atoms with van der Waals surface area (Å²) in [5.41, 5.74) is 1.93. The van der Waals surface area contributed by atoms with E-state index in [-0.39, 0.29) is 28.7 Å². The zero-order valence-corrected chi connectivity index (χ0v) is 17.2. The number of aromatic nitrogens is 2. The zero-order chi connectivity index (χ0) is 21.3. The second-order valence-electron chi connectivity index (χ2n) is 6.79. The van der Waals surface area contributed by atoms with Crippen LogP contribution in [-0.2, 0) is 21.2 Å². The molecular weight excluding hydrogens is 396 g/mol. The number of carbonyl (C=O) groups excluding carboxylic acids is 2. The van der Waals surface area contributed by atoms with Gasteiger partial charge in [0.15, 0.2) is 5.69 Å². The van der Waals surface area contributed by atoms with Gasteiger partial charge in [0.1, 0.15) is 5.69 Å². The fourth-order valence-electron chi connectivity index (χ4n) is 3.21. The van der Waals surface area contributed by atoms with Crippen LogP contribution < -0.4 is 5.14 Å². The lowest BCUT2D eigenvalue weighted by atomic mass is 9.90. The predicted molar refractivity (Wildman–Crippen MR) is 105 cm³/mol. The van der Waals surface area contributed by atoms with Crippen LogP contribution in [0.15, 0.2) is 40.9 Å². The van der Waals surface area contributed by atoms with Gasteiger partial charge in [-0.15, -0.1) is 0 Å². The molecule has 0 saturated heterocycles. The molecule has 3 rings (SSSR count). The van der Waals surface area contributed by atoms with Gasteiger partial charge < -0.3 is 9.64 Å². The summed E-state index contributed by atoms with van der Waals surface area (Å²) in [6.07, 6.45) is 2.69. The van der Waals surface area contributed by atoms with Crippen LogP contribution in [0.25, 0.3) is 5.69 Å². The van der Waals surface area contributed by atoms with Gasteiger partial charge in [0.2, 0.25) is 15.8 Å². The van der Waals surface area contributed by atoms with Gasteiger partial charge >= 0.3 is 5.97 Å². The molecule has 9 nitrogen and oxygen atoms in total. The third-order valence-electron chi connectivity index (χ3n) is 4.43. The molecule has 1 aromatic carbocycles. The van der Waals surface area contributed by atoms with Crippen LogP contribution in [0.5, 0.6) is 0 Å². The largest absolute Gasteiger partial charge is 0.461 e. The van der Waals surface area contributed by atoms with Gasteiger partial charge in [0, 0.05) is 31.4 Å². The van der Waals surface area contributed by atoms with Gasteiger partial charge in [-0.1, -0.05) is 0 Å². The minimum absolute atomic E-state index is 0.0626. The number of hydrogen-bond donors (Lipinski definition) is 1. The van der Waals surface area contributed by atoms with Gasteiger partial charge in [-0.05, 0) is 44.0 Å². The summed E-state index contributed by atoms with van der Waals surface area (Å²) < 4.78 is 29.5. The first kappa shape index (κ1) is 20.7. The molecule has 0 fully saturated rings. The van der Waals surface area contributed by atoms with E-state index in [1.807, 2.05) is 14.1 Å². The Bertz CT molecular complexity index is 1100. The number of fused-ring (bicyclic) bond motifs is 1. The number of nitrogens with two attached hydrogens (primary N) is 1. The SMILES string of the molecule is CCOC(=O)c1nn(-c2ccc(S(N)(=O)=O)cc2)c2c1CCC(=CN(C)C)C2=O. The first-order valence-corrected chi connectivity index (χ1v) is 10.5. The first-order chi connectivity index (χ1) is 13.6. The van der Waals surface area contributed by atoms with E-state index in [9.17, 15) is 18.0 Å². The van der Waals surface area contributed by atoms with Crippen LogP contribution in [-0.4, -0.2) is 55.6 Å². The third kappa shape index (κ3) is 4.08. The molecule has 1 aromatic heterocycles. The number of esters is 1. The monoisotopic (exact) mass is 418 g/mol. The summed E-state index contributed by atoms with van der Waals surface area (Å²) in [5.74, 6) is -0.838. The average Bonchev–Trinajstić information content (AvgIpc) is 3.04. The van der Waals surface area contributed by atoms with Crippen LogP contribution in [0.3, 0.4) is 0 Å². The Morgan fingerprint density at radius 2 is 1.93 bits per heavy atom. The van der Waals surface area contributed by atoms with E-state index < -0.39 is 16.0 Å². The van der Waals surface area contributed by atoms with Crippen molar-refractivity contribution in [1.29, 1.82) is 0 Å². The number of hydrogen-bond acceptors (Lipinski definition) is 7. The highest BCUT2D eigenvalue weighted by molar-refractivity contribution is 7.89. The molecular formula is C19H22N4O5S. The molecule has 29 heavy (non-hydrogen) atoms. The molecule has 154 valence electrons. The lowest BCUT2D eigenvalue weighted by Crippen LogP contribution is -2.20. The Hall–Kier alpha value is -2.98. The number of benzene rings is 1. The molecule has 0 aliphatic heterocycles. The smallest absolute Gasteiger partial charge is 0.359 e. The van der Waals surface area contributed by atoms with Crippen LogP contribution >= 0.6 is 0 Å². The number of ketones is 1. The molecule has 0 spiro atoms. The normalized spacial score (nSPS) is 15.3. The summed E-state index contributed by atoms with van der Waals surface area (Å²) in [6, 6.07) is 5.62. The summed E-state index contributed by atoms with van der Waals surface area (Å²) in [7, 11) is -0.208. The fraction of sp³-hybridized carbons (Fsp3) is 0.316. The van der Waals surface area contributed by atoms with Crippen molar-refractivity contribution in [3.63, 3.8) is 0 Å². The van der Waals surface area contributed by atoms with Crippen LogP contribution in [0, 0.1) is 0 Å². The van der Waals surface area contributed by atoms with Crippen molar-refractivity contribution >= 4 is 21.8 Å². The van der Waals surface area contributed by atoms with Crippen molar-refractivity contribution < 1.29 is 22.7 Å². The lowest BCUT2D eigenvalue weighted by molar-refractivity contribution is 0.0517. The van der Waals surface area contributed by atoms with E-state index in [1.165, 1.54) is 28.9 Å². The topological polar surface area (TPSA) is 125 Å². The van der Waals surface area contributed by atoms with Crippen LogP contribution in [0.2, 0.25) is 0 Å². The number of nitrogens with zero attached hydrogens (tertiary/aromatic N) is 3. The van der Waals surface area contributed by atoms with E-state index in [2.05, 4.69) is 5.10 Å². The van der Waals surface area contributed by atoms with Gasteiger partial charge in [0.05, 0.1) is 17.2 Å². The fourth-order valence-corrected chi connectivity index (χ4v) is 3.72. The molecule has 2 aromatic rings. The molecule has 1 aliphatic rings. The quantitative estimate of drug-likeness (QED) is 0.573. The molecule has 2 N–H and O–H groups in total. The summed E-state index contributed by atoms with van der Waals surface area (Å²) in [4.78, 5) is 27.2. The summed E-state index contributed by atoms with van der Waals surface area (Å²) in [5, 5.41) is 9.48. The molecule has 0 amide bonds. The molecule has 1 heterocycles. The molecule has 10 heteroatoms. The van der Waals surface area contributed by atoms with Gasteiger partial charge in [-0.2, -0.15) is 5.10 Å². The van der Waals surface area contributed by atoms with E-state index in [4.69, 9.17) is 9.88 Å². The first-order valence-electron chi connectivity index (χ1n) is 8.97. The van der Waals surface area contributed by atoms with Gasteiger partial charge in [-0.25, -0.2) is 23.0 Å². The van der Waals surface area contributed by atoms with Crippen molar-refractivity contribution in [2.24, 2.45) is 5.14 Å². The third-order valence-corrected chi connectivity index (χ3v) is 5.36. The van der Waals surface area contributed by atoms with Gasteiger partial charge in [0.25, 0.3) is 0 Å². The molecule has 0 unspecified atom stereocenters. The maximum atomic E-state index is 13.1. The van der Waals surface area contributed by atoms with Gasteiger partial charge in [-0.3, -0.25) is 4.79 Å². The van der Waals surface area contributed by atoms with Crippen molar-refractivity contribution in [1.82, 2.24) is 14.7 Å². The Labute approximate surface area is 168 Å².